The number of unbranched alkanes of at least 4 members (excludes halogenated alkanes) is 3. The van der Waals surface area contributed by atoms with E-state index in [4.69, 9.17) is 0 Å². The Morgan fingerprint density at radius 1 is 1.23 bits per heavy atom. The number of alkyl halides is 1. The third-order valence-corrected chi connectivity index (χ3v) is 2.45. The monoisotopic (exact) mass is 249 g/mol. The fourth-order valence-electron chi connectivity index (χ4n) is 1.07. The predicted molar refractivity (Wildman–Crippen MR) is 60.2 cm³/mol. The zero-order valence-electron chi connectivity index (χ0n) is 8.44. The molecular formula is C10H20BrNO. The summed E-state index contributed by atoms with van der Waals surface area (Å²) < 4.78 is 0. The van der Waals surface area contributed by atoms with E-state index in [9.17, 15) is 4.79 Å². The molecule has 0 aliphatic rings. The van der Waals surface area contributed by atoms with Gasteiger partial charge < -0.3 is 5.32 Å². The summed E-state index contributed by atoms with van der Waals surface area (Å²) in [4.78, 5) is 11.2. The van der Waals surface area contributed by atoms with Crippen LogP contribution in [0, 0.1) is 0 Å². The van der Waals surface area contributed by atoms with Gasteiger partial charge in [-0.1, -0.05) is 35.7 Å². The van der Waals surface area contributed by atoms with Gasteiger partial charge in [-0.2, -0.15) is 0 Å². The lowest BCUT2D eigenvalue weighted by molar-refractivity contribution is -0.121. The Morgan fingerprint density at radius 3 is 2.62 bits per heavy atom. The van der Waals surface area contributed by atoms with Gasteiger partial charge in [-0.15, -0.1) is 0 Å². The molecular weight excluding hydrogens is 230 g/mol. The van der Waals surface area contributed by atoms with Gasteiger partial charge in [-0.3, -0.25) is 4.79 Å². The Bertz CT molecular complexity index is 128. The van der Waals surface area contributed by atoms with Crippen LogP contribution in [0.2, 0.25) is 0 Å². The maximum atomic E-state index is 11.2. The van der Waals surface area contributed by atoms with Crippen LogP contribution in [-0.2, 0) is 4.79 Å². The second-order valence-electron chi connectivity index (χ2n) is 3.20. The van der Waals surface area contributed by atoms with Crippen LogP contribution in [0.25, 0.3) is 0 Å². The van der Waals surface area contributed by atoms with Crippen molar-refractivity contribution in [2.75, 3.05) is 11.9 Å². The Labute approximate surface area is 89.6 Å². The van der Waals surface area contributed by atoms with E-state index in [0.29, 0.717) is 6.42 Å². The van der Waals surface area contributed by atoms with Gasteiger partial charge in [0.25, 0.3) is 0 Å². The SMILES string of the molecule is CCCCCNC(=O)CCCCBr. The normalized spacial score (nSPS) is 10.0. The molecule has 0 atom stereocenters. The van der Waals surface area contributed by atoms with Crippen LogP contribution in [0.4, 0.5) is 0 Å². The molecule has 0 aromatic carbocycles. The van der Waals surface area contributed by atoms with Crippen molar-refractivity contribution in [1.82, 2.24) is 5.32 Å². The number of carbonyl (C=O) groups excluding carboxylic acids is 1. The molecule has 0 aromatic rings. The van der Waals surface area contributed by atoms with Crippen molar-refractivity contribution in [2.45, 2.75) is 45.4 Å². The minimum Gasteiger partial charge on any atom is -0.356 e. The van der Waals surface area contributed by atoms with Gasteiger partial charge in [0.2, 0.25) is 5.91 Å². The fourth-order valence-corrected chi connectivity index (χ4v) is 1.47. The topological polar surface area (TPSA) is 29.1 Å². The summed E-state index contributed by atoms with van der Waals surface area (Å²) in [6, 6.07) is 0. The molecule has 0 radical (unpaired) electrons. The third-order valence-electron chi connectivity index (χ3n) is 1.89. The Hall–Kier alpha value is -0.0500. The Morgan fingerprint density at radius 2 is 2.00 bits per heavy atom. The van der Waals surface area contributed by atoms with Gasteiger partial charge in [0, 0.05) is 18.3 Å². The molecule has 0 rings (SSSR count). The molecule has 0 heterocycles. The second kappa shape index (κ2) is 10.0. The van der Waals surface area contributed by atoms with E-state index in [0.717, 1.165) is 31.1 Å². The Kier molecular flexibility index (Phi) is 10.00. The highest BCUT2D eigenvalue weighted by molar-refractivity contribution is 9.09. The molecule has 0 aliphatic heterocycles. The summed E-state index contributed by atoms with van der Waals surface area (Å²) >= 11 is 3.34. The van der Waals surface area contributed by atoms with Crippen LogP contribution >= 0.6 is 15.9 Å². The highest BCUT2D eigenvalue weighted by atomic mass is 79.9. The highest BCUT2D eigenvalue weighted by Gasteiger charge is 1.98. The summed E-state index contributed by atoms with van der Waals surface area (Å²) in [6.07, 6.45) is 6.28. The molecule has 13 heavy (non-hydrogen) atoms. The zero-order valence-corrected chi connectivity index (χ0v) is 10.0. The van der Waals surface area contributed by atoms with Crippen LogP contribution in [0.1, 0.15) is 45.4 Å². The maximum absolute atomic E-state index is 11.2. The van der Waals surface area contributed by atoms with Crippen LogP contribution < -0.4 is 5.32 Å². The summed E-state index contributed by atoms with van der Waals surface area (Å²) in [5.74, 6) is 0.206. The van der Waals surface area contributed by atoms with E-state index in [2.05, 4.69) is 28.2 Å². The van der Waals surface area contributed by atoms with Gasteiger partial charge >= 0.3 is 0 Å². The van der Waals surface area contributed by atoms with Crippen LogP contribution in [0.5, 0.6) is 0 Å². The van der Waals surface area contributed by atoms with E-state index >= 15 is 0 Å². The molecule has 3 heteroatoms. The smallest absolute Gasteiger partial charge is 0.219 e. The average molecular weight is 250 g/mol. The molecule has 1 amide bonds. The Balaban J connectivity index is 3.11. The number of amides is 1. The van der Waals surface area contributed by atoms with Crippen LogP contribution in [0.3, 0.4) is 0 Å². The summed E-state index contributed by atoms with van der Waals surface area (Å²) in [5, 5.41) is 3.92. The van der Waals surface area contributed by atoms with E-state index in [1.807, 2.05) is 0 Å². The second-order valence-corrected chi connectivity index (χ2v) is 4.00. The minimum absolute atomic E-state index is 0.206. The molecule has 2 nitrogen and oxygen atoms in total. The number of halogens is 1. The van der Waals surface area contributed by atoms with Crippen molar-refractivity contribution in [1.29, 1.82) is 0 Å². The molecule has 78 valence electrons. The predicted octanol–water partition coefficient (Wildman–Crippen LogP) is 2.86. The van der Waals surface area contributed by atoms with Gasteiger partial charge in [0.05, 0.1) is 0 Å². The van der Waals surface area contributed by atoms with Crippen molar-refractivity contribution in [3.8, 4) is 0 Å². The first-order chi connectivity index (χ1) is 6.31. The van der Waals surface area contributed by atoms with Gasteiger partial charge in [0.15, 0.2) is 0 Å². The van der Waals surface area contributed by atoms with E-state index < -0.39 is 0 Å². The number of rotatable bonds is 8. The molecule has 0 saturated carbocycles. The van der Waals surface area contributed by atoms with Gasteiger partial charge in [0.1, 0.15) is 0 Å². The molecule has 0 spiro atoms. The molecule has 0 aliphatic carbocycles. The number of nitrogens with one attached hydrogen (secondary N) is 1. The fraction of sp³-hybridized carbons (Fsp3) is 0.900. The summed E-state index contributed by atoms with van der Waals surface area (Å²) in [5.41, 5.74) is 0. The van der Waals surface area contributed by atoms with Crippen LogP contribution in [0.15, 0.2) is 0 Å². The van der Waals surface area contributed by atoms with Crippen LogP contribution in [-0.4, -0.2) is 17.8 Å². The minimum atomic E-state index is 0.206. The van der Waals surface area contributed by atoms with E-state index in [1.165, 1.54) is 12.8 Å². The van der Waals surface area contributed by atoms with Gasteiger partial charge in [-0.25, -0.2) is 0 Å². The van der Waals surface area contributed by atoms with E-state index in [1.54, 1.807) is 0 Å². The average Bonchev–Trinajstić information content (AvgIpc) is 2.13. The third kappa shape index (κ3) is 9.87. The van der Waals surface area contributed by atoms with Crippen molar-refractivity contribution in [3.05, 3.63) is 0 Å². The summed E-state index contributed by atoms with van der Waals surface area (Å²) in [6.45, 7) is 3.01. The van der Waals surface area contributed by atoms with Gasteiger partial charge in [-0.05, 0) is 19.3 Å². The zero-order chi connectivity index (χ0) is 9.94. The number of carbonyl (C=O) groups is 1. The first-order valence-electron chi connectivity index (χ1n) is 5.14. The first-order valence-corrected chi connectivity index (χ1v) is 6.26. The molecule has 0 saturated heterocycles. The van der Waals surface area contributed by atoms with E-state index in [-0.39, 0.29) is 5.91 Å². The molecule has 0 fully saturated rings. The molecule has 0 bridgehead atoms. The van der Waals surface area contributed by atoms with Crippen molar-refractivity contribution >= 4 is 21.8 Å². The maximum Gasteiger partial charge on any atom is 0.219 e. The lowest BCUT2D eigenvalue weighted by Crippen LogP contribution is -2.23. The largest absolute Gasteiger partial charge is 0.356 e. The number of hydrogen-bond acceptors (Lipinski definition) is 1. The highest BCUT2D eigenvalue weighted by Crippen LogP contribution is 1.98. The quantitative estimate of drug-likeness (QED) is 0.521. The summed E-state index contributed by atoms with van der Waals surface area (Å²) in [7, 11) is 0. The van der Waals surface area contributed by atoms with Crippen molar-refractivity contribution in [3.63, 3.8) is 0 Å². The van der Waals surface area contributed by atoms with Crippen molar-refractivity contribution < 1.29 is 4.79 Å². The molecule has 1 N–H and O–H groups in total. The first kappa shape index (κ1) is 12.9. The van der Waals surface area contributed by atoms with Crippen molar-refractivity contribution in [2.24, 2.45) is 0 Å². The molecule has 0 aromatic heterocycles. The number of hydrogen-bond donors (Lipinski definition) is 1. The standard InChI is InChI=1S/C10H20BrNO/c1-2-3-6-9-12-10(13)7-4-5-8-11/h2-9H2,1H3,(H,12,13). The lowest BCUT2D eigenvalue weighted by atomic mass is 10.2. The molecule has 0 unspecified atom stereocenters. The lowest BCUT2D eigenvalue weighted by Gasteiger charge is -2.03.